The lowest BCUT2D eigenvalue weighted by Gasteiger charge is -1.97. The summed E-state index contributed by atoms with van der Waals surface area (Å²) in [6, 6.07) is 19.0. The summed E-state index contributed by atoms with van der Waals surface area (Å²) in [5.41, 5.74) is 1.88. The molecular formula is C28H22O6. The maximum absolute atomic E-state index is 6.18. The average molecular weight is 454 g/mol. The van der Waals surface area contributed by atoms with Gasteiger partial charge in [-0.3, -0.25) is 0 Å². The van der Waals surface area contributed by atoms with Crippen LogP contribution in [0.3, 0.4) is 0 Å². The summed E-state index contributed by atoms with van der Waals surface area (Å²) in [6.07, 6.45) is 0. The van der Waals surface area contributed by atoms with Gasteiger partial charge in [-0.25, -0.2) is 0 Å². The third-order valence-electron chi connectivity index (χ3n) is 5.71. The van der Waals surface area contributed by atoms with E-state index < -0.39 is 0 Å². The Bertz CT molecular complexity index is 1480. The van der Waals surface area contributed by atoms with Crippen LogP contribution in [0.5, 0.6) is 0 Å². The quantitative estimate of drug-likeness (QED) is 0.259. The summed E-state index contributed by atoms with van der Waals surface area (Å²) in [5, 5.41) is 0. The second-order valence-corrected chi connectivity index (χ2v) is 8.39. The van der Waals surface area contributed by atoms with Gasteiger partial charge in [-0.05, 0) is 99.5 Å². The highest BCUT2D eigenvalue weighted by Gasteiger charge is 2.22. The van der Waals surface area contributed by atoms with Gasteiger partial charge in [0.15, 0.2) is 57.6 Å². The first kappa shape index (κ1) is 20.3. The molecule has 6 aromatic heterocycles. The molecule has 0 aromatic carbocycles. The van der Waals surface area contributed by atoms with Crippen LogP contribution in [0.25, 0.3) is 57.6 Å². The van der Waals surface area contributed by atoms with E-state index in [2.05, 4.69) is 0 Å². The molecule has 6 nitrogen and oxygen atoms in total. The second kappa shape index (κ2) is 7.63. The SMILES string of the molecule is Cc1ccc(-c2ccc(-c3cc(C)c(-c4oc(-c5ccc(-c6ccc(C)o6)o5)cc4C)o3)o2)o1. The molecule has 6 rings (SSSR count). The van der Waals surface area contributed by atoms with E-state index in [-0.39, 0.29) is 0 Å². The minimum Gasteiger partial charge on any atom is -0.458 e. The normalized spacial score (nSPS) is 11.5. The lowest BCUT2D eigenvalue weighted by Crippen LogP contribution is -1.75. The molecule has 0 N–H and O–H groups in total. The van der Waals surface area contributed by atoms with E-state index in [4.69, 9.17) is 26.5 Å². The summed E-state index contributed by atoms with van der Waals surface area (Å²) in [4.78, 5) is 0. The van der Waals surface area contributed by atoms with Crippen molar-refractivity contribution in [2.45, 2.75) is 27.7 Å². The zero-order valence-electron chi connectivity index (χ0n) is 19.2. The van der Waals surface area contributed by atoms with E-state index in [1.807, 2.05) is 88.4 Å². The summed E-state index contributed by atoms with van der Waals surface area (Å²) >= 11 is 0. The van der Waals surface area contributed by atoms with Crippen molar-refractivity contribution in [3.63, 3.8) is 0 Å². The summed E-state index contributed by atoms with van der Waals surface area (Å²) in [5.74, 6) is 8.10. The van der Waals surface area contributed by atoms with Crippen LogP contribution in [0.15, 0.2) is 87.2 Å². The van der Waals surface area contributed by atoms with E-state index in [1.54, 1.807) is 0 Å². The van der Waals surface area contributed by atoms with Gasteiger partial charge >= 0.3 is 0 Å². The smallest absolute Gasteiger partial charge is 0.173 e. The average Bonchev–Trinajstić information content (AvgIpc) is 3.62. The maximum Gasteiger partial charge on any atom is 0.173 e. The first-order valence-corrected chi connectivity index (χ1v) is 11.0. The number of hydrogen-bond donors (Lipinski definition) is 0. The predicted molar refractivity (Wildman–Crippen MR) is 126 cm³/mol. The molecule has 0 fully saturated rings. The first-order chi connectivity index (χ1) is 16.4. The monoisotopic (exact) mass is 454 g/mol. The van der Waals surface area contributed by atoms with Crippen molar-refractivity contribution in [2.24, 2.45) is 0 Å². The molecule has 6 heteroatoms. The number of furan rings is 6. The third-order valence-corrected chi connectivity index (χ3v) is 5.71. The van der Waals surface area contributed by atoms with Crippen molar-refractivity contribution in [1.29, 1.82) is 0 Å². The Kier molecular flexibility index (Phi) is 4.55. The van der Waals surface area contributed by atoms with Crippen molar-refractivity contribution in [1.82, 2.24) is 0 Å². The Morgan fingerprint density at radius 2 is 0.676 bits per heavy atom. The molecule has 0 saturated heterocycles. The van der Waals surface area contributed by atoms with Gasteiger partial charge in [-0.15, -0.1) is 0 Å². The van der Waals surface area contributed by atoms with E-state index in [1.165, 1.54) is 0 Å². The third kappa shape index (κ3) is 3.44. The molecule has 0 radical (unpaired) electrons. The first-order valence-electron chi connectivity index (χ1n) is 11.0. The fourth-order valence-corrected chi connectivity index (χ4v) is 4.00. The van der Waals surface area contributed by atoms with E-state index >= 15 is 0 Å². The van der Waals surface area contributed by atoms with E-state index in [9.17, 15) is 0 Å². The van der Waals surface area contributed by atoms with Crippen LogP contribution in [-0.4, -0.2) is 0 Å². The largest absolute Gasteiger partial charge is 0.458 e. The molecule has 170 valence electrons. The highest BCUT2D eigenvalue weighted by Crippen LogP contribution is 2.40. The molecule has 0 saturated carbocycles. The highest BCUT2D eigenvalue weighted by molar-refractivity contribution is 5.69. The van der Waals surface area contributed by atoms with Gasteiger partial charge in [0.25, 0.3) is 0 Å². The van der Waals surface area contributed by atoms with Gasteiger partial charge in [-0.2, -0.15) is 0 Å². The van der Waals surface area contributed by atoms with Crippen molar-refractivity contribution < 1.29 is 26.5 Å². The summed E-state index contributed by atoms with van der Waals surface area (Å²) in [7, 11) is 0. The second-order valence-electron chi connectivity index (χ2n) is 8.39. The summed E-state index contributed by atoms with van der Waals surface area (Å²) in [6.45, 7) is 7.76. The molecule has 0 unspecified atom stereocenters. The van der Waals surface area contributed by atoms with Gasteiger partial charge in [0.2, 0.25) is 0 Å². The van der Waals surface area contributed by atoms with Crippen molar-refractivity contribution in [2.75, 3.05) is 0 Å². The lowest BCUT2D eigenvalue weighted by molar-refractivity contribution is 0.487. The van der Waals surface area contributed by atoms with Crippen molar-refractivity contribution >= 4 is 0 Å². The number of hydrogen-bond acceptors (Lipinski definition) is 6. The fraction of sp³-hybridized carbons (Fsp3) is 0.143. The fourth-order valence-electron chi connectivity index (χ4n) is 4.00. The molecule has 0 aliphatic heterocycles. The summed E-state index contributed by atoms with van der Waals surface area (Å²) < 4.78 is 35.6. The van der Waals surface area contributed by atoms with Gasteiger partial charge in [0.05, 0.1) is 0 Å². The minimum absolute atomic E-state index is 0.618. The van der Waals surface area contributed by atoms with Gasteiger partial charge < -0.3 is 26.5 Å². The molecule has 0 aliphatic rings. The topological polar surface area (TPSA) is 78.8 Å². The van der Waals surface area contributed by atoms with Gasteiger partial charge in [0.1, 0.15) is 11.5 Å². The lowest BCUT2D eigenvalue weighted by atomic mass is 10.1. The van der Waals surface area contributed by atoms with Crippen LogP contribution in [0, 0.1) is 27.7 Å². The molecular weight excluding hydrogens is 432 g/mol. The highest BCUT2D eigenvalue weighted by atomic mass is 16.4. The van der Waals surface area contributed by atoms with E-state index in [0.29, 0.717) is 57.6 Å². The van der Waals surface area contributed by atoms with Crippen molar-refractivity contribution in [3.05, 3.63) is 83.3 Å². The van der Waals surface area contributed by atoms with Crippen LogP contribution in [0.4, 0.5) is 0 Å². The predicted octanol–water partition coefficient (Wildman–Crippen LogP) is 8.81. The maximum atomic E-state index is 6.18. The van der Waals surface area contributed by atoms with E-state index in [0.717, 1.165) is 22.6 Å². The number of rotatable bonds is 5. The Hall–Kier alpha value is -4.32. The standard InChI is InChI=1S/C28H22O6/c1-15-13-25(23-11-9-21(31-23)19-7-5-17(3)29-19)33-27(15)28-16(2)14-26(34-28)24-12-10-22(32-24)20-8-6-18(4)30-20/h5-14H,1-4H3. The van der Waals surface area contributed by atoms with Crippen LogP contribution in [0.1, 0.15) is 22.6 Å². The zero-order chi connectivity index (χ0) is 23.4. The molecule has 34 heavy (non-hydrogen) atoms. The van der Waals surface area contributed by atoms with Crippen LogP contribution in [0.2, 0.25) is 0 Å². The van der Waals surface area contributed by atoms with Crippen LogP contribution >= 0.6 is 0 Å². The molecule has 0 bridgehead atoms. The molecule has 0 amide bonds. The van der Waals surface area contributed by atoms with Crippen LogP contribution in [-0.2, 0) is 0 Å². The molecule has 6 aromatic rings. The van der Waals surface area contributed by atoms with Gasteiger partial charge in [-0.1, -0.05) is 0 Å². The van der Waals surface area contributed by atoms with Gasteiger partial charge in [0, 0.05) is 0 Å². The Morgan fingerprint density at radius 3 is 1.03 bits per heavy atom. The Morgan fingerprint density at radius 1 is 0.353 bits per heavy atom. The molecule has 0 spiro atoms. The Balaban J connectivity index is 1.31. The Labute approximate surface area is 195 Å². The van der Waals surface area contributed by atoms with Crippen LogP contribution < -0.4 is 0 Å². The van der Waals surface area contributed by atoms with Crippen molar-refractivity contribution in [3.8, 4) is 57.6 Å². The molecule has 0 aliphatic carbocycles. The number of aryl methyl sites for hydroxylation is 4. The molecule has 6 heterocycles. The zero-order valence-corrected chi connectivity index (χ0v) is 19.2. The molecule has 0 atom stereocenters. The minimum atomic E-state index is 0.618.